The number of aromatic nitrogens is 1. The summed E-state index contributed by atoms with van der Waals surface area (Å²) >= 11 is 6.07. The van der Waals surface area contributed by atoms with Gasteiger partial charge >= 0.3 is 0 Å². The molecule has 1 aromatic heterocycles. The van der Waals surface area contributed by atoms with Gasteiger partial charge in [0.1, 0.15) is 0 Å². The maximum atomic E-state index is 10.5. The molecule has 1 aliphatic rings. The lowest BCUT2D eigenvalue weighted by Crippen LogP contribution is -2.36. The van der Waals surface area contributed by atoms with Gasteiger partial charge in [-0.2, -0.15) is 0 Å². The van der Waals surface area contributed by atoms with Gasteiger partial charge in [-0.15, -0.1) is 0 Å². The van der Waals surface area contributed by atoms with Crippen LogP contribution in [-0.2, 0) is 6.42 Å². The first-order valence-electron chi connectivity index (χ1n) is 5.90. The number of hydrogen-bond acceptors (Lipinski definition) is 2. The van der Waals surface area contributed by atoms with Gasteiger partial charge in [-0.25, -0.2) is 0 Å². The normalized spacial score (nSPS) is 30.3. The van der Waals surface area contributed by atoms with E-state index < -0.39 is 5.60 Å². The first-order chi connectivity index (χ1) is 7.59. The Morgan fingerprint density at radius 2 is 2.44 bits per heavy atom. The molecule has 0 amide bonds. The Hall–Kier alpha value is -0.600. The smallest absolute Gasteiger partial charge is 0.0691 e. The van der Waals surface area contributed by atoms with Crippen molar-refractivity contribution < 1.29 is 5.11 Å². The van der Waals surface area contributed by atoms with Crippen molar-refractivity contribution in [1.29, 1.82) is 0 Å². The van der Waals surface area contributed by atoms with Gasteiger partial charge in [0.2, 0.25) is 0 Å². The Morgan fingerprint density at radius 3 is 3.12 bits per heavy atom. The zero-order valence-electron chi connectivity index (χ0n) is 9.62. The summed E-state index contributed by atoms with van der Waals surface area (Å²) in [7, 11) is 0. The van der Waals surface area contributed by atoms with Gasteiger partial charge in [-0.05, 0) is 30.4 Å². The Labute approximate surface area is 102 Å². The zero-order valence-corrected chi connectivity index (χ0v) is 10.4. The van der Waals surface area contributed by atoms with Gasteiger partial charge in [0, 0.05) is 18.8 Å². The third kappa shape index (κ3) is 2.74. The first-order valence-corrected chi connectivity index (χ1v) is 6.28. The van der Waals surface area contributed by atoms with Crippen molar-refractivity contribution in [3.63, 3.8) is 0 Å². The molecule has 1 N–H and O–H groups in total. The summed E-state index contributed by atoms with van der Waals surface area (Å²) in [5.74, 6) is 0.611. The minimum atomic E-state index is -0.567. The molecular weight excluding hydrogens is 222 g/mol. The number of hydrogen-bond donors (Lipinski definition) is 1. The van der Waals surface area contributed by atoms with Crippen LogP contribution in [-0.4, -0.2) is 15.7 Å². The Balaban J connectivity index is 2.11. The number of nitrogens with zero attached hydrogens (tertiary/aromatic N) is 1. The minimum Gasteiger partial charge on any atom is -0.390 e. The maximum Gasteiger partial charge on any atom is 0.0691 e. The molecule has 0 saturated heterocycles. The van der Waals surface area contributed by atoms with Gasteiger partial charge in [-0.1, -0.05) is 31.4 Å². The number of halogens is 1. The van der Waals surface area contributed by atoms with E-state index in [-0.39, 0.29) is 0 Å². The fourth-order valence-electron chi connectivity index (χ4n) is 2.69. The Bertz CT molecular complexity index is 369. The summed E-state index contributed by atoms with van der Waals surface area (Å²) in [6, 6.07) is 1.90. The molecule has 1 saturated carbocycles. The molecule has 0 radical (unpaired) electrons. The lowest BCUT2D eigenvalue weighted by molar-refractivity contribution is -0.0123. The van der Waals surface area contributed by atoms with Crippen LogP contribution in [0.1, 0.15) is 38.2 Å². The van der Waals surface area contributed by atoms with E-state index in [1.165, 1.54) is 6.42 Å². The molecule has 16 heavy (non-hydrogen) atoms. The molecule has 1 fully saturated rings. The predicted molar refractivity (Wildman–Crippen MR) is 65.5 cm³/mol. The highest BCUT2D eigenvalue weighted by Crippen LogP contribution is 2.35. The quantitative estimate of drug-likeness (QED) is 0.860. The Morgan fingerprint density at radius 1 is 1.62 bits per heavy atom. The lowest BCUT2D eigenvalue weighted by Gasteiger charge is -2.35. The van der Waals surface area contributed by atoms with E-state index in [4.69, 9.17) is 11.6 Å². The standard InChI is InChI=1S/C13H18ClNO/c1-10-3-2-5-13(16,7-10)8-11-4-6-15-9-12(11)14/h4,6,9-10,16H,2-3,5,7-8H2,1H3. The first kappa shape index (κ1) is 11.9. The monoisotopic (exact) mass is 239 g/mol. The van der Waals surface area contributed by atoms with Crippen LogP contribution < -0.4 is 0 Å². The van der Waals surface area contributed by atoms with E-state index in [2.05, 4.69) is 11.9 Å². The second-order valence-electron chi connectivity index (χ2n) is 5.07. The molecule has 0 bridgehead atoms. The van der Waals surface area contributed by atoms with Crippen LogP contribution in [0.25, 0.3) is 0 Å². The van der Waals surface area contributed by atoms with Crippen LogP contribution in [0.4, 0.5) is 0 Å². The van der Waals surface area contributed by atoms with Crippen molar-refractivity contribution >= 4 is 11.6 Å². The molecule has 2 unspecified atom stereocenters. The summed E-state index contributed by atoms with van der Waals surface area (Å²) < 4.78 is 0. The summed E-state index contributed by atoms with van der Waals surface area (Å²) in [6.45, 7) is 2.21. The molecule has 1 heterocycles. The molecule has 88 valence electrons. The molecule has 3 heteroatoms. The van der Waals surface area contributed by atoms with E-state index in [0.717, 1.165) is 24.8 Å². The minimum absolute atomic E-state index is 0.567. The number of aliphatic hydroxyl groups is 1. The third-order valence-electron chi connectivity index (χ3n) is 3.44. The van der Waals surface area contributed by atoms with Crippen molar-refractivity contribution in [3.05, 3.63) is 29.0 Å². The molecule has 2 rings (SSSR count). The van der Waals surface area contributed by atoms with Crippen LogP contribution in [0, 0.1) is 5.92 Å². The van der Waals surface area contributed by atoms with E-state index >= 15 is 0 Å². The lowest BCUT2D eigenvalue weighted by atomic mass is 9.76. The molecule has 2 nitrogen and oxygen atoms in total. The van der Waals surface area contributed by atoms with Gasteiger partial charge in [-0.3, -0.25) is 4.98 Å². The fraction of sp³-hybridized carbons (Fsp3) is 0.615. The molecule has 0 spiro atoms. The van der Waals surface area contributed by atoms with E-state index in [1.54, 1.807) is 12.4 Å². The van der Waals surface area contributed by atoms with Crippen molar-refractivity contribution in [3.8, 4) is 0 Å². The number of pyridine rings is 1. The average molecular weight is 240 g/mol. The molecule has 0 aliphatic heterocycles. The fourth-order valence-corrected chi connectivity index (χ4v) is 2.88. The van der Waals surface area contributed by atoms with Crippen molar-refractivity contribution in [1.82, 2.24) is 4.98 Å². The number of rotatable bonds is 2. The molecule has 0 aromatic carbocycles. The molecule has 1 aromatic rings. The Kier molecular flexibility index (Phi) is 3.50. The van der Waals surface area contributed by atoms with Crippen molar-refractivity contribution in [2.24, 2.45) is 5.92 Å². The van der Waals surface area contributed by atoms with Crippen LogP contribution in [0.5, 0.6) is 0 Å². The highest BCUT2D eigenvalue weighted by Gasteiger charge is 2.33. The average Bonchev–Trinajstić information content (AvgIpc) is 2.21. The van der Waals surface area contributed by atoms with Crippen LogP contribution >= 0.6 is 11.6 Å². The molecule has 1 aliphatic carbocycles. The van der Waals surface area contributed by atoms with Crippen molar-refractivity contribution in [2.75, 3.05) is 0 Å². The van der Waals surface area contributed by atoms with E-state index in [1.807, 2.05) is 6.07 Å². The summed E-state index contributed by atoms with van der Waals surface area (Å²) in [5, 5.41) is 11.2. The van der Waals surface area contributed by atoms with Gasteiger partial charge < -0.3 is 5.11 Å². The summed E-state index contributed by atoms with van der Waals surface area (Å²) in [6.07, 6.45) is 8.14. The highest BCUT2D eigenvalue weighted by atomic mass is 35.5. The van der Waals surface area contributed by atoms with Crippen LogP contribution in [0.15, 0.2) is 18.5 Å². The SMILES string of the molecule is CC1CCCC(O)(Cc2ccncc2Cl)C1. The summed E-state index contributed by atoms with van der Waals surface area (Å²) in [5.41, 5.74) is 0.441. The highest BCUT2D eigenvalue weighted by molar-refractivity contribution is 6.31. The summed E-state index contributed by atoms with van der Waals surface area (Å²) in [4.78, 5) is 3.96. The predicted octanol–water partition coefficient (Wildman–Crippen LogP) is 3.22. The van der Waals surface area contributed by atoms with Crippen LogP contribution in [0.2, 0.25) is 5.02 Å². The third-order valence-corrected chi connectivity index (χ3v) is 3.78. The van der Waals surface area contributed by atoms with Gasteiger partial charge in [0.25, 0.3) is 0 Å². The van der Waals surface area contributed by atoms with E-state index in [9.17, 15) is 5.11 Å². The van der Waals surface area contributed by atoms with Gasteiger partial charge in [0.15, 0.2) is 0 Å². The second kappa shape index (κ2) is 4.72. The van der Waals surface area contributed by atoms with Crippen LogP contribution in [0.3, 0.4) is 0 Å². The van der Waals surface area contributed by atoms with Gasteiger partial charge in [0.05, 0.1) is 10.6 Å². The zero-order chi connectivity index (χ0) is 11.6. The van der Waals surface area contributed by atoms with E-state index in [0.29, 0.717) is 17.4 Å². The van der Waals surface area contributed by atoms with Crippen molar-refractivity contribution in [2.45, 2.75) is 44.6 Å². The maximum absolute atomic E-state index is 10.5. The topological polar surface area (TPSA) is 33.1 Å². The molecular formula is C13H18ClNO. The second-order valence-corrected chi connectivity index (χ2v) is 5.48. The molecule has 2 atom stereocenters. The largest absolute Gasteiger partial charge is 0.390 e.